The fraction of sp³-hybridized carbons (Fsp3) is 0.118. The molecule has 0 aliphatic heterocycles. The number of aryl methyl sites for hydroxylation is 2. The minimum Gasteiger partial charge on any atom is -0.290 e. The predicted molar refractivity (Wildman–Crippen MR) is 81.3 cm³/mol. The van der Waals surface area contributed by atoms with Crippen LogP contribution in [0.5, 0.6) is 0 Å². The van der Waals surface area contributed by atoms with Gasteiger partial charge in [0.25, 0.3) is 5.56 Å². The zero-order valence-electron chi connectivity index (χ0n) is 11.6. The molecule has 0 bridgehead atoms. The third kappa shape index (κ3) is 2.18. The van der Waals surface area contributed by atoms with Gasteiger partial charge in [-0.2, -0.15) is 0 Å². The highest BCUT2D eigenvalue weighted by molar-refractivity contribution is 5.58. The minimum atomic E-state index is -0.0490. The molecule has 0 saturated carbocycles. The van der Waals surface area contributed by atoms with Crippen molar-refractivity contribution in [1.29, 1.82) is 0 Å². The third-order valence-electron chi connectivity index (χ3n) is 3.55. The summed E-state index contributed by atoms with van der Waals surface area (Å²) in [6.07, 6.45) is 0. The molecule has 0 fully saturated rings. The van der Waals surface area contributed by atoms with Gasteiger partial charge in [0.1, 0.15) is 0 Å². The summed E-state index contributed by atoms with van der Waals surface area (Å²) in [6, 6.07) is 17.5. The van der Waals surface area contributed by atoms with Crippen LogP contribution in [0.2, 0.25) is 0 Å². The second kappa shape index (κ2) is 4.85. The van der Waals surface area contributed by atoms with Crippen LogP contribution in [-0.4, -0.2) is 9.78 Å². The number of nitrogens with zero attached hydrogens (tertiary/aromatic N) is 1. The third-order valence-corrected chi connectivity index (χ3v) is 3.55. The van der Waals surface area contributed by atoms with E-state index < -0.39 is 0 Å². The number of benzene rings is 2. The number of hydrogen-bond donors (Lipinski definition) is 1. The standard InChI is InChI=1S/C17H16N2O/c1-12-8-9-15(10-13(12)2)19-17(20)11-16(18-19)14-6-4-3-5-7-14/h3-11,18H,1-2H3. The molecule has 20 heavy (non-hydrogen) atoms. The van der Waals surface area contributed by atoms with Gasteiger partial charge in [-0.3, -0.25) is 9.89 Å². The predicted octanol–water partition coefficient (Wildman–Crippen LogP) is 3.45. The van der Waals surface area contributed by atoms with Gasteiger partial charge in [0.05, 0.1) is 11.4 Å². The highest BCUT2D eigenvalue weighted by Crippen LogP contribution is 2.17. The molecule has 0 atom stereocenters. The molecule has 0 aliphatic carbocycles. The van der Waals surface area contributed by atoms with Gasteiger partial charge in [0.15, 0.2) is 0 Å². The molecule has 0 radical (unpaired) electrons. The molecule has 3 rings (SSSR count). The SMILES string of the molecule is Cc1ccc(-n2[nH]c(-c3ccccc3)cc2=O)cc1C. The van der Waals surface area contributed by atoms with Crippen LogP contribution in [-0.2, 0) is 0 Å². The number of rotatable bonds is 2. The van der Waals surface area contributed by atoms with Crippen molar-refractivity contribution in [3.63, 3.8) is 0 Å². The molecule has 3 nitrogen and oxygen atoms in total. The Balaban J connectivity index is 2.10. The Labute approximate surface area is 117 Å². The Morgan fingerprint density at radius 1 is 0.900 bits per heavy atom. The quantitative estimate of drug-likeness (QED) is 0.756. The van der Waals surface area contributed by atoms with Crippen molar-refractivity contribution in [3.8, 4) is 16.9 Å². The fourth-order valence-corrected chi connectivity index (χ4v) is 2.22. The molecule has 3 aromatic rings. The normalized spacial score (nSPS) is 10.7. The first-order valence-electron chi connectivity index (χ1n) is 6.60. The van der Waals surface area contributed by atoms with Crippen molar-refractivity contribution >= 4 is 0 Å². The van der Waals surface area contributed by atoms with E-state index in [0.29, 0.717) is 0 Å². The number of nitrogens with one attached hydrogen (secondary N) is 1. The summed E-state index contributed by atoms with van der Waals surface area (Å²) < 4.78 is 1.58. The van der Waals surface area contributed by atoms with Gasteiger partial charge in [-0.1, -0.05) is 36.4 Å². The molecule has 0 aliphatic rings. The Hall–Kier alpha value is -2.55. The summed E-state index contributed by atoms with van der Waals surface area (Å²) in [5.74, 6) is 0. The lowest BCUT2D eigenvalue weighted by atomic mass is 10.1. The largest absolute Gasteiger partial charge is 0.290 e. The van der Waals surface area contributed by atoms with Crippen LogP contribution in [0.4, 0.5) is 0 Å². The number of H-pyrrole nitrogens is 1. The van der Waals surface area contributed by atoms with Gasteiger partial charge in [0.2, 0.25) is 0 Å². The highest BCUT2D eigenvalue weighted by Gasteiger charge is 2.07. The summed E-state index contributed by atoms with van der Waals surface area (Å²) in [6.45, 7) is 4.11. The highest BCUT2D eigenvalue weighted by atomic mass is 16.1. The van der Waals surface area contributed by atoms with Gasteiger partial charge >= 0.3 is 0 Å². The van der Waals surface area contributed by atoms with Crippen LogP contribution >= 0.6 is 0 Å². The molecule has 1 N–H and O–H groups in total. The monoisotopic (exact) mass is 264 g/mol. The van der Waals surface area contributed by atoms with Crippen molar-refractivity contribution in [3.05, 3.63) is 76.1 Å². The van der Waals surface area contributed by atoms with E-state index in [0.717, 1.165) is 16.9 Å². The summed E-state index contributed by atoms with van der Waals surface area (Å²) in [5, 5.41) is 3.16. The van der Waals surface area contributed by atoms with E-state index >= 15 is 0 Å². The first kappa shape index (κ1) is 12.5. The molecule has 1 aromatic heterocycles. The average Bonchev–Trinajstić information content (AvgIpc) is 2.85. The van der Waals surface area contributed by atoms with E-state index in [1.54, 1.807) is 10.7 Å². The molecule has 0 unspecified atom stereocenters. The van der Waals surface area contributed by atoms with Gasteiger partial charge in [-0.25, -0.2) is 4.68 Å². The van der Waals surface area contributed by atoms with Crippen molar-refractivity contribution in [2.75, 3.05) is 0 Å². The maximum atomic E-state index is 12.1. The molecular weight excluding hydrogens is 248 g/mol. The summed E-state index contributed by atoms with van der Waals surface area (Å²) in [4.78, 5) is 12.1. The first-order valence-corrected chi connectivity index (χ1v) is 6.60. The lowest BCUT2D eigenvalue weighted by molar-refractivity contribution is 0.850. The van der Waals surface area contributed by atoms with Gasteiger partial charge < -0.3 is 0 Å². The second-order valence-electron chi connectivity index (χ2n) is 4.98. The fourth-order valence-electron chi connectivity index (χ4n) is 2.22. The van der Waals surface area contributed by atoms with E-state index in [-0.39, 0.29) is 5.56 Å². The van der Waals surface area contributed by atoms with Gasteiger partial charge in [-0.15, -0.1) is 0 Å². The van der Waals surface area contributed by atoms with Crippen molar-refractivity contribution < 1.29 is 0 Å². The molecule has 2 aromatic carbocycles. The van der Waals surface area contributed by atoms with Crippen molar-refractivity contribution in [2.45, 2.75) is 13.8 Å². The molecule has 0 spiro atoms. The van der Waals surface area contributed by atoms with E-state index in [1.807, 2.05) is 55.5 Å². The Kier molecular flexibility index (Phi) is 3.03. The molecule has 1 heterocycles. The topological polar surface area (TPSA) is 37.8 Å². The lowest BCUT2D eigenvalue weighted by Gasteiger charge is -2.05. The molecule has 100 valence electrons. The van der Waals surface area contributed by atoms with Crippen LogP contribution in [0, 0.1) is 13.8 Å². The minimum absolute atomic E-state index is 0.0490. The van der Waals surface area contributed by atoms with Crippen LogP contribution in [0.25, 0.3) is 16.9 Å². The summed E-state index contributed by atoms with van der Waals surface area (Å²) in [5.41, 5.74) is 5.04. The molecular formula is C17H16N2O. The maximum absolute atomic E-state index is 12.1. The van der Waals surface area contributed by atoms with E-state index in [2.05, 4.69) is 12.0 Å². The molecule has 3 heteroatoms. The molecule has 0 saturated heterocycles. The van der Waals surface area contributed by atoms with Gasteiger partial charge in [-0.05, 0) is 42.7 Å². The van der Waals surface area contributed by atoms with Gasteiger partial charge in [0, 0.05) is 6.07 Å². The van der Waals surface area contributed by atoms with Crippen molar-refractivity contribution in [1.82, 2.24) is 9.78 Å². The zero-order valence-corrected chi connectivity index (χ0v) is 11.6. The smallest absolute Gasteiger partial charge is 0.271 e. The van der Waals surface area contributed by atoms with Crippen LogP contribution in [0.1, 0.15) is 11.1 Å². The Bertz CT molecular complexity index is 797. The van der Waals surface area contributed by atoms with E-state index in [9.17, 15) is 4.79 Å². The maximum Gasteiger partial charge on any atom is 0.271 e. The average molecular weight is 264 g/mol. The van der Waals surface area contributed by atoms with Crippen LogP contribution in [0.15, 0.2) is 59.4 Å². The lowest BCUT2D eigenvalue weighted by Crippen LogP contribution is -2.13. The zero-order chi connectivity index (χ0) is 14.1. The van der Waals surface area contributed by atoms with Crippen molar-refractivity contribution in [2.24, 2.45) is 0 Å². The second-order valence-corrected chi connectivity index (χ2v) is 4.98. The van der Waals surface area contributed by atoms with E-state index in [1.165, 1.54) is 11.1 Å². The number of hydrogen-bond acceptors (Lipinski definition) is 1. The molecule has 0 amide bonds. The Morgan fingerprint density at radius 2 is 1.65 bits per heavy atom. The number of aromatic amines is 1. The first-order chi connectivity index (χ1) is 9.65. The summed E-state index contributed by atoms with van der Waals surface area (Å²) >= 11 is 0. The number of aromatic nitrogens is 2. The van der Waals surface area contributed by atoms with Crippen LogP contribution < -0.4 is 5.56 Å². The van der Waals surface area contributed by atoms with Crippen LogP contribution in [0.3, 0.4) is 0 Å². The summed E-state index contributed by atoms with van der Waals surface area (Å²) in [7, 11) is 0. The van der Waals surface area contributed by atoms with E-state index in [4.69, 9.17) is 0 Å². The Morgan fingerprint density at radius 3 is 2.35 bits per heavy atom.